The van der Waals surface area contributed by atoms with Gasteiger partial charge in [-0.15, -0.1) is 0 Å². The Morgan fingerprint density at radius 2 is 2.33 bits per heavy atom. The highest BCUT2D eigenvalue weighted by atomic mass is 32.1. The molecule has 0 rings (SSSR count). The Balaban J connectivity index is 4.15. The second-order valence-corrected chi connectivity index (χ2v) is 2.95. The summed E-state index contributed by atoms with van der Waals surface area (Å²) >= 11 is 4.13. The number of allylic oxidation sites excluding steroid dienone is 3. The van der Waals surface area contributed by atoms with E-state index in [0.717, 1.165) is 17.7 Å². The van der Waals surface area contributed by atoms with Crippen molar-refractivity contribution in [2.45, 2.75) is 19.4 Å². The number of thiol groups is 1. The van der Waals surface area contributed by atoms with Crippen molar-refractivity contribution >= 4 is 12.6 Å². The van der Waals surface area contributed by atoms with Gasteiger partial charge in [0, 0.05) is 6.04 Å². The van der Waals surface area contributed by atoms with Crippen LogP contribution in [-0.2, 0) is 0 Å². The van der Waals surface area contributed by atoms with Gasteiger partial charge in [-0.2, -0.15) is 12.6 Å². The molecule has 0 amide bonds. The van der Waals surface area contributed by atoms with Crippen LogP contribution in [0.5, 0.6) is 0 Å². The van der Waals surface area contributed by atoms with Crippen molar-refractivity contribution < 1.29 is 0 Å². The maximum absolute atomic E-state index is 5.88. The molecule has 0 saturated heterocycles. The van der Waals surface area contributed by atoms with Crippen molar-refractivity contribution in [2.75, 3.05) is 5.75 Å². The zero-order valence-corrected chi connectivity index (χ0v) is 8.43. The van der Waals surface area contributed by atoms with E-state index in [1.807, 2.05) is 25.2 Å². The topological polar surface area (TPSA) is 26.0 Å². The van der Waals surface area contributed by atoms with Gasteiger partial charge in [-0.3, -0.25) is 0 Å². The lowest BCUT2D eigenvalue weighted by atomic mass is 10.1. The molecule has 0 aliphatic heterocycles. The molecule has 2 heteroatoms. The Labute approximate surface area is 80.4 Å². The summed E-state index contributed by atoms with van der Waals surface area (Å²) in [6.07, 6.45) is 8.56. The largest absolute Gasteiger partial charge is 0.324 e. The van der Waals surface area contributed by atoms with Crippen LogP contribution in [0.25, 0.3) is 0 Å². The minimum atomic E-state index is 0.101. The number of nitrogens with two attached hydrogens (primary N) is 1. The highest BCUT2D eigenvalue weighted by Gasteiger charge is 2.02. The molecule has 68 valence electrons. The normalized spacial score (nSPS) is 15.1. The van der Waals surface area contributed by atoms with Gasteiger partial charge in [-0.1, -0.05) is 30.9 Å². The summed E-state index contributed by atoms with van der Waals surface area (Å²) in [7, 11) is 0. The van der Waals surface area contributed by atoms with Crippen molar-refractivity contribution in [3.63, 3.8) is 0 Å². The average Bonchev–Trinajstić information content (AvgIpc) is 2.06. The molecule has 0 aliphatic carbocycles. The number of hydrogen-bond acceptors (Lipinski definition) is 2. The summed E-state index contributed by atoms with van der Waals surface area (Å²) < 4.78 is 0. The van der Waals surface area contributed by atoms with Gasteiger partial charge in [0.15, 0.2) is 0 Å². The van der Waals surface area contributed by atoms with Crippen LogP contribution in [0.15, 0.2) is 36.5 Å². The fourth-order valence-electron chi connectivity index (χ4n) is 0.919. The average molecular weight is 183 g/mol. The van der Waals surface area contributed by atoms with Crippen LogP contribution in [0.3, 0.4) is 0 Å². The first-order valence-corrected chi connectivity index (χ1v) is 4.71. The first-order chi connectivity index (χ1) is 5.76. The van der Waals surface area contributed by atoms with Gasteiger partial charge < -0.3 is 5.73 Å². The first kappa shape index (κ1) is 11.5. The molecule has 0 spiro atoms. The maximum atomic E-state index is 5.88. The maximum Gasteiger partial charge on any atom is 0.0299 e. The Kier molecular flexibility index (Phi) is 6.91. The molecule has 2 N–H and O–H groups in total. The van der Waals surface area contributed by atoms with Crippen molar-refractivity contribution in [3.8, 4) is 0 Å². The standard InChI is InChI=1S/C10H17NS/c1-3-5-6-9(4-2)10(11)7-8-12/h3-6,10,12H,1,7-8,11H2,2H3/b6-5-,9-4+. The lowest BCUT2D eigenvalue weighted by molar-refractivity contribution is 0.762. The molecule has 0 heterocycles. The predicted octanol–water partition coefficient (Wildman–Crippen LogP) is 2.32. The van der Waals surface area contributed by atoms with Gasteiger partial charge in [0.05, 0.1) is 0 Å². The number of hydrogen-bond donors (Lipinski definition) is 2. The molecular weight excluding hydrogens is 166 g/mol. The monoisotopic (exact) mass is 183 g/mol. The predicted molar refractivity (Wildman–Crippen MR) is 59.5 cm³/mol. The molecule has 0 aromatic rings. The summed E-state index contributed by atoms with van der Waals surface area (Å²) in [4.78, 5) is 0. The molecule has 0 bridgehead atoms. The van der Waals surface area contributed by atoms with Crippen LogP contribution in [0.4, 0.5) is 0 Å². The van der Waals surface area contributed by atoms with E-state index < -0.39 is 0 Å². The zero-order chi connectivity index (χ0) is 9.40. The van der Waals surface area contributed by atoms with Crippen molar-refractivity contribution in [1.82, 2.24) is 0 Å². The molecule has 0 radical (unpaired) electrons. The van der Waals surface area contributed by atoms with Crippen LogP contribution in [0, 0.1) is 0 Å². The van der Waals surface area contributed by atoms with Crippen LogP contribution in [-0.4, -0.2) is 11.8 Å². The third kappa shape index (κ3) is 4.42. The second kappa shape index (κ2) is 7.19. The molecule has 1 nitrogen and oxygen atoms in total. The molecule has 1 atom stereocenters. The minimum Gasteiger partial charge on any atom is -0.324 e. The third-order valence-corrected chi connectivity index (χ3v) is 1.88. The highest BCUT2D eigenvalue weighted by molar-refractivity contribution is 7.80. The van der Waals surface area contributed by atoms with Crippen LogP contribution >= 0.6 is 12.6 Å². The molecule has 0 aromatic carbocycles. The van der Waals surface area contributed by atoms with E-state index in [1.54, 1.807) is 6.08 Å². The molecule has 0 fully saturated rings. The smallest absolute Gasteiger partial charge is 0.0299 e. The minimum absolute atomic E-state index is 0.101. The summed E-state index contributed by atoms with van der Waals surface area (Å²) in [5.41, 5.74) is 7.02. The molecule has 12 heavy (non-hydrogen) atoms. The van der Waals surface area contributed by atoms with Crippen molar-refractivity contribution in [2.24, 2.45) is 5.73 Å². The lowest BCUT2D eigenvalue weighted by Gasteiger charge is -2.10. The van der Waals surface area contributed by atoms with E-state index in [9.17, 15) is 0 Å². The Morgan fingerprint density at radius 1 is 1.67 bits per heavy atom. The summed E-state index contributed by atoms with van der Waals surface area (Å²) in [5, 5.41) is 0. The quantitative estimate of drug-likeness (QED) is 0.496. The van der Waals surface area contributed by atoms with E-state index in [2.05, 4.69) is 19.2 Å². The highest BCUT2D eigenvalue weighted by Crippen LogP contribution is 2.06. The van der Waals surface area contributed by atoms with Gasteiger partial charge >= 0.3 is 0 Å². The van der Waals surface area contributed by atoms with Crippen molar-refractivity contribution in [3.05, 3.63) is 36.5 Å². The first-order valence-electron chi connectivity index (χ1n) is 4.08. The van der Waals surface area contributed by atoms with Crippen LogP contribution < -0.4 is 5.73 Å². The molecular formula is C10H17NS. The van der Waals surface area contributed by atoms with Crippen LogP contribution in [0.2, 0.25) is 0 Å². The zero-order valence-electron chi connectivity index (χ0n) is 7.53. The summed E-state index contributed by atoms with van der Waals surface area (Å²) in [6, 6.07) is 0.101. The lowest BCUT2D eigenvalue weighted by Crippen LogP contribution is -2.22. The second-order valence-electron chi connectivity index (χ2n) is 2.50. The molecule has 1 unspecified atom stereocenters. The summed E-state index contributed by atoms with van der Waals surface area (Å²) in [5.74, 6) is 0.820. The summed E-state index contributed by atoms with van der Waals surface area (Å²) in [6.45, 7) is 5.59. The van der Waals surface area contributed by atoms with E-state index in [4.69, 9.17) is 5.73 Å². The van der Waals surface area contributed by atoms with Crippen LogP contribution in [0.1, 0.15) is 13.3 Å². The Hall–Kier alpha value is -0.470. The van der Waals surface area contributed by atoms with Crippen molar-refractivity contribution in [1.29, 1.82) is 0 Å². The van der Waals surface area contributed by atoms with E-state index in [0.29, 0.717) is 0 Å². The fraction of sp³-hybridized carbons (Fsp3) is 0.400. The molecule has 0 saturated carbocycles. The molecule has 0 aliphatic rings. The van der Waals surface area contributed by atoms with Gasteiger partial charge in [0.25, 0.3) is 0 Å². The van der Waals surface area contributed by atoms with E-state index in [1.165, 1.54) is 0 Å². The van der Waals surface area contributed by atoms with Gasteiger partial charge in [-0.05, 0) is 24.7 Å². The van der Waals surface area contributed by atoms with Gasteiger partial charge in [0.1, 0.15) is 0 Å². The molecule has 0 aromatic heterocycles. The third-order valence-electron chi connectivity index (χ3n) is 1.63. The van der Waals surface area contributed by atoms with E-state index >= 15 is 0 Å². The SMILES string of the molecule is C=C/C=C\C(=C/C)C(N)CCS. The Bertz CT molecular complexity index is 182. The number of rotatable bonds is 5. The Morgan fingerprint density at radius 3 is 2.75 bits per heavy atom. The fourth-order valence-corrected chi connectivity index (χ4v) is 1.20. The van der Waals surface area contributed by atoms with E-state index in [-0.39, 0.29) is 6.04 Å². The van der Waals surface area contributed by atoms with Gasteiger partial charge in [-0.25, -0.2) is 0 Å². The van der Waals surface area contributed by atoms with Gasteiger partial charge in [0.2, 0.25) is 0 Å².